The molecule has 0 aromatic heterocycles. The maximum absolute atomic E-state index is 3.78. The first-order valence-corrected chi connectivity index (χ1v) is 9.02. The number of nitrogens with one attached hydrogen (secondary N) is 1. The van der Waals surface area contributed by atoms with Gasteiger partial charge >= 0.3 is 0 Å². The first-order valence-electron chi connectivity index (χ1n) is 8.23. The van der Waals surface area contributed by atoms with Gasteiger partial charge in [-0.15, -0.1) is 0 Å². The minimum atomic E-state index is 0.634. The van der Waals surface area contributed by atoms with Crippen LogP contribution in [0.5, 0.6) is 0 Å². The Balaban J connectivity index is 2.02. The number of hydrogen-bond donors (Lipinski definition) is 1. The number of piperidine rings is 1. The summed E-state index contributed by atoms with van der Waals surface area (Å²) in [6.07, 6.45) is 2.60. The van der Waals surface area contributed by atoms with Gasteiger partial charge in [0.05, 0.1) is 5.69 Å². The summed E-state index contributed by atoms with van der Waals surface area (Å²) in [7, 11) is 0. The van der Waals surface area contributed by atoms with Gasteiger partial charge in [-0.3, -0.25) is 0 Å². The summed E-state index contributed by atoms with van der Waals surface area (Å²) in [5, 5.41) is 3.51. The minimum Gasteiger partial charge on any atom is -0.368 e. The molecular formula is C18H29BrN2. The standard InChI is InChI=1S/C18H29BrN2/c1-13(2)11-20-12-16-5-6-18(17(19)10-16)21-8-7-14(3)9-15(21)4/h5-6,10,13-15,20H,7-9,11-12H2,1-4H3. The fraction of sp³-hybridized carbons (Fsp3) is 0.667. The predicted molar refractivity (Wildman–Crippen MR) is 95.9 cm³/mol. The molecule has 1 aromatic rings. The number of rotatable bonds is 5. The van der Waals surface area contributed by atoms with Crippen LogP contribution >= 0.6 is 15.9 Å². The van der Waals surface area contributed by atoms with Gasteiger partial charge in [-0.2, -0.15) is 0 Å². The topological polar surface area (TPSA) is 15.3 Å². The molecule has 0 spiro atoms. The molecule has 1 fully saturated rings. The highest BCUT2D eigenvalue weighted by molar-refractivity contribution is 9.10. The highest BCUT2D eigenvalue weighted by Crippen LogP contribution is 2.33. The quantitative estimate of drug-likeness (QED) is 0.816. The molecule has 3 heteroatoms. The summed E-state index contributed by atoms with van der Waals surface area (Å²) in [6.45, 7) is 12.4. The van der Waals surface area contributed by atoms with Crippen LogP contribution in [0.25, 0.3) is 0 Å². The maximum atomic E-state index is 3.78. The lowest BCUT2D eigenvalue weighted by molar-refractivity contribution is 0.377. The number of nitrogens with zero attached hydrogens (tertiary/aromatic N) is 1. The van der Waals surface area contributed by atoms with Gasteiger partial charge in [0, 0.05) is 23.6 Å². The van der Waals surface area contributed by atoms with Gasteiger partial charge < -0.3 is 10.2 Å². The fourth-order valence-electron chi connectivity index (χ4n) is 3.16. The van der Waals surface area contributed by atoms with Crippen LogP contribution in [0.2, 0.25) is 0 Å². The second-order valence-electron chi connectivity index (χ2n) is 6.98. The van der Waals surface area contributed by atoms with Crippen LogP contribution < -0.4 is 10.2 Å². The Labute approximate surface area is 138 Å². The molecule has 2 unspecified atom stereocenters. The summed E-state index contributed by atoms with van der Waals surface area (Å²) < 4.78 is 1.23. The van der Waals surface area contributed by atoms with E-state index in [-0.39, 0.29) is 0 Å². The van der Waals surface area contributed by atoms with Gasteiger partial charge in [-0.25, -0.2) is 0 Å². The van der Waals surface area contributed by atoms with E-state index in [4.69, 9.17) is 0 Å². The zero-order chi connectivity index (χ0) is 15.4. The molecule has 1 aliphatic rings. The van der Waals surface area contributed by atoms with Crippen molar-refractivity contribution >= 4 is 21.6 Å². The average Bonchev–Trinajstić information content (AvgIpc) is 2.39. The van der Waals surface area contributed by atoms with Gasteiger partial charge in [0.2, 0.25) is 0 Å². The third-order valence-electron chi connectivity index (χ3n) is 4.34. The van der Waals surface area contributed by atoms with E-state index >= 15 is 0 Å². The Bertz CT molecular complexity index is 459. The SMILES string of the molecule is CC(C)CNCc1ccc(N2CCC(C)CC2C)c(Br)c1. The normalized spacial score (nSPS) is 22.9. The average molecular weight is 353 g/mol. The Morgan fingerprint density at radius 2 is 2.10 bits per heavy atom. The third kappa shape index (κ3) is 4.72. The van der Waals surface area contributed by atoms with Crippen LogP contribution in [0.15, 0.2) is 22.7 Å². The second kappa shape index (κ2) is 7.64. The molecule has 0 aliphatic carbocycles. The van der Waals surface area contributed by atoms with E-state index in [1.807, 2.05) is 0 Å². The fourth-order valence-corrected chi connectivity index (χ4v) is 3.82. The molecule has 1 saturated heterocycles. The lowest BCUT2D eigenvalue weighted by Gasteiger charge is -2.39. The van der Waals surface area contributed by atoms with E-state index in [2.05, 4.69) is 72.0 Å². The van der Waals surface area contributed by atoms with E-state index in [0.29, 0.717) is 12.0 Å². The largest absolute Gasteiger partial charge is 0.368 e. The molecule has 2 atom stereocenters. The molecule has 0 bridgehead atoms. The molecule has 0 radical (unpaired) electrons. The summed E-state index contributed by atoms with van der Waals surface area (Å²) in [6, 6.07) is 7.45. The number of benzene rings is 1. The van der Waals surface area contributed by atoms with Crippen LogP contribution in [0.4, 0.5) is 5.69 Å². The highest BCUT2D eigenvalue weighted by atomic mass is 79.9. The van der Waals surface area contributed by atoms with Gasteiger partial charge in [-0.1, -0.05) is 26.8 Å². The van der Waals surface area contributed by atoms with E-state index in [0.717, 1.165) is 19.0 Å². The second-order valence-corrected chi connectivity index (χ2v) is 7.84. The molecule has 118 valence electrons. The summed E-state index contributed by atoms with van der Waals surface area (Å²) in [4.78, 5) is 2.55. The zero-order valence-electron chi connectivity index (χ0n) is 13.8. The monoisotopic (exact) mass is 352 g/mol. The number of hydrogen-bond acceptors (Lipinski definition) is 2. The van der Waals surface area contributed by atoms with Crippen molar-refractivity contribution in [3.8, 4) is 0 Å². The van der Waals surface area contributed by atoms with Crippen LogP contribution in [0.1, 0.15) is 46.1 Å². The molecule has 0 saturated carbocycles. The van der Waals surface area contributed by atoms with Crippen molar-refractivity contribution in [1.29, 1.82) is 0 Å². The van der Waals surface area contributed by atoms with E-state index < -0.39 is 0 Å². The Hall–Kier alpha value is -0.540. The van der Waals surface area contributed by atoms with Gasteiger partial charge in [0.1, 0.15) is 0 Å². The molecule has 1 aromatic carbocycles. The Kier molecular flexibility index (Phi) is 6.12. The molecule has 1 heterocycles. The van der Waals surface area contributed by atoms with E-state index in [9.17, 15) is 0 Å². The van der Waals surface area contributed by atoms with Crippen molar-refractivity contribution in [3.05, 3.63) is 28.2 Å². The zero-order valence-corrected chi connectivity index (χ0v) is 15.4. The maximum Gasteiger partial charge on any atom is 0.0513 e. The predicted octanol–water partition coefficient (Wildman–Crippen LogP) is 4.82. The Morgan fingerprint density at radius 3 is 2.71 bits per heavy atom. The molecular weight excluding hydrogens is 324 g/mol. The third-order valence-corrected chi connectivity index (χ3v) is 4.98. The van der Waals surface area contributed by atoms with Gasteiger partial charge in [0.25, 0.3) is 0 Å². The first-order chi connectivity index (χ1) is 9.97. The van der Waals surface area contributed by atoms with Crippen LogP contribution in [-0.4, -0.2) is 19.1 Å². The molecule has 21 heavy (non-hydrogen) atoms. The summed E-state index contributed by atoms with van der Waals surface area (Å²) in [5.41, 5.74) is 2.70. The van der Waals surface area contributed by atoms with Crippen molar-refractivity contribution < 1.29 is 0 Å². The van der Waals surface area contributed by atoms with Crippen molar-refractivity contribution in [1.82, 2.24) is 5.32 Å². The van der Waals surface area contributed by atoms with E-state index in [1.165, 1.54) is 35.1 Å². The number of anilines is 1. The molecule has 0 amide bonds. The smallest absolute Gasteiger partial charge is 0.0513 e. The minimum absolute atomic E-state index is 0.634. The molecule has 2 nitrogen and oxygen atoms in total. The summed E-state index contributed by atoms with van der Waals surface area (Å²) >= 11 is 3.78. The lowest BCUT2D eigenvalue weighted by Crippen LogP contribution is -2.40. The molecule has 2 rings (SSSR count). The van der Waals surface area contributed by atoms with Crippen molar-refractivity contribution in [2.45, 2.75) is 53.1 Å². The highest BCUT2D eigenvalue weighted by Gasteiger charge is 2.24. The lowest BCUT2D eigenvalue weighted by atomic mass is 9.93. The van der Waals surface area contributed by atoms with Crippen LogP contribution in [-0.2, 0) is 6.54 Å². The summed E-state index contributed by atoms with van der Waals surface area (Å²) in [5.74, 6) is 1.55. The van der Waals surface area contributed by atoms with Crippen molar-refractivity contribution in [3.63, 3.8) is 0 Å². The van der Waals surface area contributed by atoms with Gasteiger partial charge in [0.15, 0.2) is 0 Å². The van der Waals surface area contributed by atoms with Crippen LogP contribution in [0, 0.1) is 11.8 Å². The Morgan fingerprint density at radius 1 is 1.33 bits per heavy atom. The number of halogens is 1. The molecule has 1 N–H and O–H groups in total. The molecule has 1 aliphatic heterocycles. The van der Waals surface area contributed by atoms with Crippen molar-refractivity contribution in [2.75, 3.05) is 18.0 Å². The van der Waals surface area contributed by atoms with Crippen LogP contribution in [0.3, 0.4) is 0 Å². The van der Waals surface area contributed by atoms with Gasteiger partial charge in [-0.05, 0) is 71.8 Å². The van der Waals surface area contributed by atoms with Crippen molar-refractivity contribution in [2.24, 2.45) is 11.8 Å². The first kappa shape index (κ1) is 16.8. The van der Waals surface area contributed by atoms with E-state index in [1.54, 1.807) is 0 Å².